The van der Waals surface area contributed by atoms with Crippen LogP contribution in [0.5, 0.6) is 0 Å². The van der Waals surface area contributed by atoms with Crippen molar-refractivity contribution in [3.05, 3.63) is 23.8 Å². The molecule has 5 rings (SSSR count). The molecule has 5 nitrogen and oxygen atoms in total. The minimum atomic E-state index is -1.90. The second kappa shape index (κ2) is 8.07. The zero-order chi connectivity index (χ0) is 26.5. The number of aliphatic hydroxyl groups is 2. The number of carbonyl (C=O) groups excluding carboxylic acids is 2. The first-order chi connectivity index (χ1) is 16.6. The van der Waals surface area contributed by atoms with Crippen LogP contribution in [0.4, 0.5) is 4.39 Å². The molecule has 0 radical (unpaired) electrons. The van der Waals surface area contributed by atoms with Crippen molar-refractivity contribution in [1.29, 1.82) is 0 Å². The van der Waals surface area contributed by atoms with Gasteiger partial charge in [0, 0.05) is 24.4 Å². The number of rotatable bonds is 4. The number of alkyl halides is 1. The number of aliphatic hydroxyl groups excluding tert-OH is 2. The standard InChI is InChI=1S/C30H44FNO4/c1-18-11-23-22-12-19-15-32(10-9-26(2,3)4)17-29(19,25(36)16-33)28(22,6)14-24(35)30(23,31)27(5)8-7-20(34)13-21(18)27/h7-8,13,18-19,22-24,33,35H,9-12,14-17H2,1-6H3/t18-,19-,22?,23-,24-,27-,28-,29+,30-/m0/s1. The van der Waals surface area contributed by atoms with Gasteiger partial charge in [-0.25, -0.2) is 4.39 Å². The van der Waals surface area contributed by atoms with Crippen LogP contribution >= 0.6 is 0 Å². The summed E-state index contributed by atoms with van der Waals surface area (Å²) in [6.07, 6.45) is 5.97. The van der Waals surface area contributed by atoms with Gasteiger partial charge in [-0.1, -0.05) is 46.3 Å². The minimum Gasteiger partial charge on any atom is -0.390 e. The van der Waals surface area contributed by atoms with Gasteiger partial charge in [-0.3, -0.25) is 9.59 Å². The van der Waals surface area contributed by atoms with Crippen LogP contribution in [0, 0.1) is 45.3 Å². The molecule has 1 saturated heterocycles. The zero-order valence-electron chi connectivity index (χ0n) is 22.8. The van der Waals surface area contributed by atoms with Gasteiger partial charge in [0.2, 0.25) is 0 Å². The quantitative estimate of drug-likeness (QED) is 0.606. The Bertz CT molecular complexity index is 1030. The van der Waals surface area contributed by atoms with Gasteiger partial charge in [0.05, 0.1) is 11.5 Å². The Hall–Kier alpha value is -1.37. The number of carbonyl (C=O) groups is 2. The summed E-state index contributed by atoms with van der Waals surface area (Å²) in [5, 5.41) is 21.8. The Morgan fingerprint density at radius 3 is 2.56 bits per heavy atom. The molecule has 0 aromatic carbocycles. The second-order valence-electron chi connectivity index (χ2n) is 14.3. The lowest BCUT2D eigenvalue weighted by Crippen LogP contribution is -2.69. The minimum absolute atomic E-state index is 0.0144. The summed E-state index contributed by atoms with van der Waals surface area (Å²) in [6.45, 7) is 14.4. The fourth-order valence-corrected chi connectivity index (χ4v) is 9.58. The maximum absolute atomic E-state index is 17.6. The average Bonchev–Trinajstić information content (AvgIpc) is 3.28. The molecule has 9 atom stereocenters. The molecular weight excluding hydrogens is 457 g/mol. The molecule has 200 valence electrons. The molecule has 1 aliphatic heterocycles. The van der Waals surface area contributed by atoms with E-state index in [1.54, 1.807) is 12.2 Å². The van der Waals surface area contributed by atoms with Crippen LogP contribution in [0.3, 0.4) is 0 Å². The Morgan fingerprint density at radius 2 is 1.92 bits per heavy atom. The van der Waals surface area contributed by atoms with Gasteiger partial charge in [0.1, 0.15) is 6.61 Å². The Morgan fingerprint density at radius 1 is 1.22 bits per heavy atom. The third-order valence-corrected chi connectivity index (χ3v) is 11.4. The number of likely N-dealkylation sites (tertiary alicyclic amines) is 1. The van der Waals surface area contributed by atoms with Gasteiger partial charge in [-0.15, -0.1) is 0 Å². The first-order valence-corrected chi connectivity index (χ1v) is 13.8. The van der Waals surface area contributed by atoms with Crippen LogP contribution < -0.4 is 0 Å². The Labute approximate surface area is 215 Å². The summed E-state index contributed by atoms with van der Waals surface area (Å²) in [5.41, 5.74) is -3.36. The molecule has 0 bridgehead atoms. The SMILES string of the molecule is C[C@H]1C[C@H]2C3C[C@H]4CN(CCC(C)(C)C)C[C@@]4(C(=O)CO)[C@@]3(C)C[C@H](O)[C@]2(F)[C@@]2(C)C=CC(=O)C=C12. The fourth-order valence-electron chi connectivity index (χ4n) is 9.58. The summed E-state index contributed by atoms with van der Waals surface area (Å²) in [6, 6.07) is 0. The molecular formula is C30H44FNO4. The highest BCUT2D eigenvalue weighted by molar-refractivity contribution is 6.01. The van der Waals surface area contributed by atoms with Crippen LogP contribution in [-0.4, -0.2) is 64.7 Å². The topological polar surface area (TPSA) is 77.8 Å². The number of hydrogen-bond acceptors (Lipinski definition) is 5. The summed E-state index contributed by atoms with van der Waals surface area (Å²) in [5.74, 6) is -0.690. The van der Waals surface area contributed by atoms with Gasteiger partial charge in [0.25, 0.3) is 0 Å². The van der Waals surface area contributed by atoms with Gasteiger partial charge < -0.3 is 15.1 Å². The number of Topliss-reactive ketones (excluding diaryl/α,β-unsaturated/α-hetero) is 1. The number of fused-ring (bicyclic) bond motifs is 7. The highest BCUT2D eigenvalue weighted by Crippen LogP contribution is 2.74. The van der Waals surface area contributed by atoms with E-state index in [1.165, 1.54) is 6.08 Å². The monoisotopic (exact) mass is 501 g/mol. The van der Waals surface area contributed by atoms with E-state index in [4.69, 9.17) is 0 Å². The van der Waals surface area contributed by atoms with Gasteiger partial charge in [-0.05, 0) is 79.9 Å². The highest BCUT2D eigenvalue weighted by atomic mass is 19.1. The van der Waals surface area contributed by atoms with Crippen molar-refractivity contribution < 1.29 is 24.2 Å². The zero-order valence-corrected chi connectivity index (χ0v) is 22.8. The van der Waals surface area contributed by atoms with Gasteiger partial charge >= 0.3 is 0 Å². The summed E-state index contributed by atoms with van der Waals surface area (Å²) in [7, 11) is 0. The molecule has 4 aliphatic carbocycles. The van der Waals surface area contributed by atoms with E-state index < -0.39 is 40.5 Å². The summed E-state index contributed by atoms with van der Waals surface area (Å²) >= 11 is 0. The van der Waals surface area contributed by atoms with E-state index in [2.05, 4.69) is 39.5 Å². The molecule has 0 spiro atoms. The van der Waals surface area contributed by atoms with Crippen LogP contribution in [0.2, 0.25) is 0 Å². The lowest BCUT2D eigenvalue weighted by atomic mass is 9.42. The van der Waals surface area contributed by atoms with Crippen LogP contribution in [0.1, 0.15) is 67.2 Å². The van der Waals surface area contributed by atoms with Crippen LogP contribution in [-0.2, 0) is 9.59 Å². The number of hydrogen-bond donors (Lipinski definition) is 2. The normalized spacial score (nSPS) is 48.2. The predicted octanol–water partition coefficient (Wildman–Crippen LogP) is 4.13. The largest absolute Gasteiger partial charge is 0.390 e. The number of allylic oxidation sites excluding steroid dienone is 4. The molecule has 0 aromatic rings. The Kier molecular flexibility index (Phi) is 5.88. The molecule has 6 heteroatoms. The Balaban J connectivity index is 1.55. The van der Waals surface area contributed by atoms with E-state index in [1.807, 2.05) is 6.92 Å². The summed E-state index contributed by atoms with van der Waals surface area (Å²) in [4.78, 5) is 28.2. The fraction of sp³-hybridized carbons (Fsp3) is 0.800. The lowest BCUT2D eigenvalue weighted by Gasteiger charge is -2.64. The second-order valence-corrected chi connectivity index (χ2v) is 14.3. The molecule has 4 fully saturated rings. The number of halogens is 1. The van der Waals surface area contributed by atoms with Gasteiger partial charge in [-0.2, -0.15) is 0 Å². The third kappa shape index (κ3) is 3.22. The maximum Gasteiger partial charge on any atom is 0.178 e. The third-order valence-electron chi connectivity index (χ3n) is 11.4. The van der Waals surface area contributed by atoms with Crippen molar-refractivity contribution in [3.63, 3.8) is 0 Å². The van der Waals surface area contributed by atoms with Crippen LogP contribution in [0.25, 0.3) is 0 Å². The van der Waals surface area contributed by atoms with E-state index in [0.29, 0.717) is 13.0 Å². The lowest BCUT2D eigenvalue weighted by molar-refractivity contribution is -0.210. The smallest absolute Gasteiger partial charge is 0.178 e. The van der Waals surface area contributed by atoms with Crippen molar-refractivity contribution in [1.82, 2.24) is 4.90 Å². The highest BCUT2D eigenvalue weighted by Gasteiger charge is 2.77. The molecule has 0 aromatic heterocycles. The van der Waals surface area contributed by atoms with E-state index >= 15 is 4.39 Å². The van der Waals surface area contributed by atoms with Crippen molar-refractivity contribution >= 4 is 11.6 Å². The van der Waals surface area contributed by atoms with Crippen molar-refractivity contribution in [3.8, 4) is 0 Å². The molecule has 5 aliphatic rings. The summed E-state index contributed by atoms with van der Waals surface area (Å²) < 4.78 is 17.6. The van der Waals surface area contributed by atoms with Crippen molar-refractivity contribution in [2.24, 2.45) is 45.3 Å². The molecule has 2 N–H and O–H groups in total. The number of nitrogens with zero attached hydrogens (tertiary/aromatic N) is 1. The number of ketones is 2. The molecule has 36 heavy (non-hydrogen) atoms. The average molecular weight is 502 g/mol. The molecule has 1 unspecified atom stereocenters. The van der Waals surface area contributed by atoms with Crippen molar-refractivity contribution in [2.45, 2.75) is 79.0 Å². The first-order valence-electron chi connectivity index (χ1n) is 13.8. The predicted molar refractivity (Wildman–Crippen MR) is 137 cm³/mol. The first kappa shape index (κ1) is 26.2. The van der Waals surface area contributed by atoms with E-state index in [9.17, 15) is 19.8 Å². The van der Waals surface area contributed by atoms with Gasteiger partial charge in [0.15, 0.2) is 17.2 Å². The molecule has 0 amide bonds. The van der Waals surface area contributed by atoms with E-state index in [0.717, 1.165) is 31.5 Å². The maximum atomic E-state index is 17.6. The van der Waals surface area contributed by atoms with Crippen LogP contribution in [0.15, 0.2) is 23.8 Å². The van der Waals surface area contributed by atoms with Crippen molar-refractivity contribution in [2.75, 3.05) is 26.2 Å². The van der Waals surface area contributed by atoms with E-state index in [-0.39, 0.29) is 41.2 Å². The molecule has 3 saturated carbocycles. The molecule has 1 heterocycles.